The zero-order valence-electron chi connectivity index (χ0n) is 11.4. The lowest BCUT2D eigenvalue weighted by atomic mass is 9.88. The maximum Gasteiger partial charge on any atom is 0.108 e. The van der Waals surface area contributed by atoms with Gasteiger partial charge >= 0.3 is 0 Å². The van der Waals surface area contributed by atoms with Gasteiger partial charge in [0, 0.05) is 11.6 Å². The smallest absolute Gasteiger partial charge is 0.108 e. The highest BCUT2D eigenvalue weighted by atomic mass is 79.9. The highest BCUT2D eigenvalue weighted by Gasteiger charge is 2.33. The van der Waals surface area contributed by atoms with Crippen LogP contribution in [0.25, 0.3) is 0 Å². The first-order valence-corrected chi connectivity index (χ1v) is 8.21. The molecule has 3 nitrogen and oxygen atoms in total. The van der Waals surface area contributed by atoms with Gasteiger partial charge in [-0.3, -0.25) is 5.14 Å². The second-order valence-electron chi connectivity index (χ2n) is 5.18. The van der Waals surface area contributed by atoms with Crippen LogP contribution in [0.5, 0.6) is 0 Å². The fourth-order valence-corrected chi connectivity index (χ4v) is 2.65. The number of alkyl halides is 1. The van der Waals surface area contributed by atoms with Crippen molar-refractivity contribution < 1.29 is 8.60 Å². The predicted molar refractivity (Wildman–Crippen MR) is 80.9 cm³/mol. The van der Waals surface area contributed by atoms with Crippen molar-refractivity contribution in [1.29, 1.82) is 0 Å². The zero-order valence-corrected chi connectivity index (χ0v) is 13.8. The maximum absolute atomic E-state index is 14.2. The van der Waals surface area contributed by atoms with E-state index in [1.165, 1.54) is 0 Å². The molecular formula is C13H20BrFN2OS. The summed E-state index contributed by atoms with van der Waals surface area (Å²) in [5.41, 5.74) is 0.669. The van der Waals surface area contributed by atoms with Crippen LogP contribution in [0.2, 0.25) is 0 Å². The van der Waals surface area contributed by atoms with E-state index in [1.807, 2.05) is 6.07 Å². The molecule has 1 aromatic heterocycles. The molecule has 0 saturated carbocycles. The van der Waals surface area contributed by atoms with Gasteiger partial charge in [0.05, 0.1) is 15.7 Å². The molecule has 0 aliphatic rings. The van der Waals surface area contributed by atoms with E-state index >= 15 is 0 Å². The Morgan fingerprint density at radius 2 is 2.16 bits per heavy atom. The Labute approximate surface area is 124 Å². The fourth-order valence-electron chi connectivity index (χ4n) is 1.94. The van der Waals surface area contributed by atoms with E-state index in [4.69, 9.17) is 5.14 Å². The average Bonchev–Trinajstić information content (AvgIpc) is 2.35. The number of rotatable bonds is 6. The van der Waals surface area contributed by atoms with Crippen LogP contribution < -0.4 is 5.14 Å². The topological polar surface area (TPSA) is 56.0 Å². The lowest BCUT2D eigenvalue weighted by Crippen LogP contribution is -2.35. The normalized spacial score (nSPS) is 16.9. The minimum absolute atomic E-state index is 0.395. The number of nitrogens with zero attached hydrogens (tertiary/aromatic N) is 1. The van der Waals surface area contributed by atoms with Gasteiger partial charge in [-0.05, 0) is 54.8 Å². The van der Waals surface area contributed by atoms with Gasteiger partial charge < -0.3 is 0 Å². The van der Waals surface area contributed by atoms with Crippen LogP contribution in [0, 0.1) is 0 Å². The van der Waals surface area contributed by atoms with Crippen LogP contribution in [0.15, 0.2) is 22.8 Å². The Morgan fingerprint density at radius 3 is 2.63 bits per heavy atom. The van der Waals surface area contributed by atoms with Crippen LogP contribution in [0.1, 0.15) is 45.2 Å². The molecule has 3 atom stereocenters. The zero-order chi connectivity index (χ0) is 14.6. The van der Waals surface area contributed by atoms with E-state index in [9.17, 15) is 8.60 Å². The van der Waals surface area contributed by atoms with Crippen molar-refractivity contribution in [2.24, 2.45) is 5.14 Å². The second kappa shape index (κ2) is 6.90. The molecule has 1 rings (SSSR count). The van der Waals surface area contributed by atoms with Gasteiger partial charge in [0.1, 0.15) is 10.8 Å². The highest BCUT2D eigenvalue weighted by molar-refractivity contribution is 9.10. The van der Waals surface area contributed by atoms with Crippen LogP contribution in [0.4, 0.5) is 4.39 Å². The molecule has 6 heteroatoms. The summed E-state index contributed by atoms with van der Waals surface area (Å²) in [5.74, 6) is -0.398. The minimum Gasteiger partial charge on any atom is -0.251 e. The van der Waals surface area contributed by atoms with Crippen molar-refractivity contribution in [2.75, 3.05) is 0 Å². The van der Waals surface area contributed by atoms with Gasteiger partial charge in [-0.2, -0.15) is 0 Å². The summed E-state index contributed by atoms with van der Waals surface area (Å²) in [6.45, 7) is 5.37. The van der Waals surface area contributed by atoms with E-state index in [0.29, 0.717) is 23.1 Å². The van der Waals surface area contributed by atoms with Gasteiger partial charge in [-0.25, -0.2) is 13.6 Å². The van der Waals surface area contributed by atoms with E-state index < -0.39 is 27.8 Å². The van der Waals surface area contributed by atoms with Gasteiger partial charge in [-0.15, -0.1) is 0 Å². The second-order valence-corrected chi connectivity index (χ2v) is 7.69. The van der Waals surface area contributed by atoms with Gasteiger partial charge in [0.25, 0.3) is 0 Å². The molecule has 0 fully saturated rings. The largest absolute Gasteiger partial charge is 0.251 e. The van der Waals surface area contributed by atoms with Gasteiger partial charge in [0.15, 0.2) is 0 Å². The SMILES string of the molecule is CC[C@H](F)[C@H](CC(C)(C)S(N)=O)c1cccc(Br)n1. The third kappa shape index (κ3) is 4.61. The first kappa shape index (κ1) is 16.7. The summed E-state index contributed by atoms with van der Waals surface area (Å²) in [6, 6.07) is 5.42. The molecule has 0 aliphatic heterocycles. The number of nitrogens with two attached hydrogens (primary N) is 1. The average molecular weight is 351 g/mol. The number of halogens is 2. The Bertz CT molecular complexity index is 456. The molecule has 0 radical (unpaired) electrons. The number of pyridine rings is 1. The summed E-state index contributed by atoms with van der Waals surface area (Å²) in [4.78, 5) is 4.32. The van der Waals surface area contributed by atoms with Crippen molar-refractivity contribution >= 4 is 26.9 Å². The molecule has 1 unspecified atom stereocenters. The van der Waals surface area contributed by atoms with Crippen molar-refractivity contribution in [1.82, 2.24) is 4.98 Å². The highest BCUT2D eigenvalue weighted by Crippen LogP contribution is 2.33. The lowest BCUT2D eigenvalue weighted by molar-refractivity contribution is 0.250. The molecule has 19 heavy (non-hydrogen) atoms. The monoisotopic (exact) mass is 350 g/mol. The fraction of sp³-hybridized carbons (Fsp3) is 0.615. The molecule has 0 bridgehead atoms. The molecule has 2 N–H and O–H groups in total. The van der Waals surface area contributed by atoms with Crippen LogP contribution in [-0.4, -0.2) is 20.1 Å². The van der Waals surface area contributed by atoms with E-state index in [1.54, 1.807) is 32.9 Å². The van der Waals surface area contributed by atoms with Crippen molar-refractivity contribution in [2.45, 2.75) is 50.4 Å². The summed E-state index contributed by atoms with van der Waals surface area (Å²) < 4.78 is 25.8. The summed E-state index contributed by atoms with van der Waals surface area (Å²) in [7, 11) is -1.50. The summed E-state index contributed by atoms with van der Waals surface area (Å²) in [6.07, 6.45) is -0.231. The molecule has 1 heterocycles. The lowest BCUT2D eigenvalue weighted by Gasteiger charge is -2.28. The van der Waals surface area contributed by atoms with Crippen molar-refractivity contribution in [3.05, 3.63) is 28.5 Å². The minimum atomic E-state index is -1.50. The molecular weight excluding hydrogens is 331 g/mol. The molecule has 0 aromatic carbocycles. The summed E-state index contributed by atoms with van der Waals surface area (Å²) >= 11 is 3.29. The van der Waals surface area contributed by atoms with Crippen LogP contribution in [-0.2, 0) is 11.0 Å². The number of aromatic nitrogens is 1. The van der Waals surface area contributed by atoms with E-state index in [2.05, 4.69) is 20.9 Å². The molecule has 0 spiro atoms. The predicted octanol–water partition coefficient (Wildman–Crippen LogP) is 3.47. The Morgan fingerprint density at radius 1 is 1.53 bits per heavy atom. The third-order valence-electron chi connectivity index (χ3n) is 3.20. The Balaban J connectivity index is 3.06. The van der Waals surface area contributed by atoms with Crippen molar-refractivity contribution in [3.63, 3.8) is 0 Å². The quantitative estimate of drug-likeness (QED) is 0.798. The molecule has 0 saturated heterocycles. The third-order valence-corrected chi connectivity index (χ3v) is 4.90. The molecule has 0 aliphatic carbocycles. The number of hydrogen-bond donors (Lipinski definition) is 1. The Kier molecular flexibility index (Phi) is 6.08. The summed E-state index contributed by atoms with van der Waals surface area (Å²) in [5, 5.41) is 5.49. The van der Waals surface area contributed by atoms with Gasteiger partial charge in [-0.1, -0.05) is 13.0 Å². The van der Waals surface area contributed by atoms with E-state index in [-0.39, 0.29) is 0 Å². The Hall–Kier alpha value is -0.330. The van der Waals surface area contributed by atoms with Gasteiger partial charge in [0.2, 0.25) is 0 Å². The first-order chi connectivity index (χ1) is 8.77. The first-order valence-electron chi connectivity index (χ1n) is 6.20. The van der Waals surface area contributed by atoms with Crippen LogP contribution in [0.3, 0.4) is 0 Å². The number of hydrogen-bond acceptors (Lipinski definition) is 2. The molecule has 108 valence electrons. The van der Waals surface area contributed by atoms with E-state index in [0.717, 1.165) is 0 Å². The standard InChI is InChI=1S/C13H20BrFN2OS/c1-4-10(15)9(8-13(2,3)19(16)18)11-6-5-7-12(14)17-11/h5-7,9-10H,4,8,16H2,1-3H3/t9-,10-,19?/m0/s1. The molecule has 0 amide bonds. The van der Waals surface area contributed by atoms with Crippen molar-refractivity contribution in [3.8, 4) is 0 Å². The van der Waals surface area contributed by atoms with Crippen LogP contribution >= 0.6 is 15.9 Å². The maximum atomic E-state index is 14.2. The molecule has 1 aromatic rings.